The Labute approximate surface area is 188 Å². The van der Waals surface area contributed by atoms with E-state index >= 15 is 0 Å². The Kier molecular flexibility index (Phi) is 6.73. The average Bonchev–Trinajstić information content (AvgIpc) is 3.27. The number of nitrogens with one attached hydrogen (secondary N) is 1. The molecule has 3 amide bonds. The van der Waals surface area contributed by atoms with Crippen LogP contribution in [0.5, 0.6) is 5.75 Å². The molecule has 0 saturated carbocycles. The van der Waals surface area contributed by atoms with E-state index in [9.17, 15) is 19.2 Å². The van der Waals surface area contributed by atoms with Crippen LogP contribution in [0.2, 0.25) is 5.02 Å². The van der Waals surface area contributed by atoms with E-state index in [0.29, 0.717) is 16.5 Å². The van der Waals surface area contributed by atoms with Crippen LogP contribution in [0.25, 0.3) is 0 Å². The van der Waals surface area contributed by atoms with Crippen LogP contribution in [-0.4, -0.2) is 44.0 Å². The van der Waals surface area contributed by atoms with Gasteiger partial charge >= 0.3 is 5.97 Å². The number of benzene rings is 1. The largest absolute Gasteiger partial charge is 0.495 e. The molecule has 2 heterocycles. The molecule has 11 heteroatoms. The standard InChI is InChI=1S/C21H22ClN3O7/c1-4-31-21(29)16-10(2)32-20(17(16)18(23)27)24-19(28)11-7-15(26)25(9-11)13-8-12(22)5-6-14(13)30-3/h5-6,8,11H,4,7,9H2,1-3H3,(H2,23,27)(H,24,28). The zero-order valence-electron chi connectivity index (χ0n) is 17.7. The van der Waals surface area contributed by atoms with Crippen LogP contribution in [0.4, 0.5) is 11.6 Å². The summed E-state index contributed by atoms with van der Waals surface area (Å²) in [5, 5.41) is 2.88. The molecule has 0 radical (unpaired) electrons. The van der Waals surface area contributed by atoms with Crippen LogP contribution in [-0.2, 0) is 14.3 Å². The first-order valence-corrected chi connectivity index (χ1v) is 10.1. The first-order valence-electron chi connectivity index (χ1n) is 9.72. The fourth-order valence-electron chi connectivity index (χ4n) is 3.52. The molecule has 3 N–H and O–H groups in total. The third kappa shape index (κ3) is 4.40. The lowest BCUT2D eigenvalue weighted by Crippen LogP contribution is -2.29. The number of amides is 3. The molecule has 32 heavy (non-hydrogen) atoms. The highest BCUT2D eigenvalue weighted by Crippen LogP contribution is 2.36. The smallest absolute Gasteiger partial charge is 0.342 e. The number of ether oxygens (including phenoxy) is 2. The fraction of sp³-hybridized carbons (Fsp3) is 0.333. The van der Waals surface area contributed by atoms with E-state index in [2.05, 4.69) is 5.32 Å². The number of primary amides is 1. The second-order valence-electron chi connectivity index (χ2n) is 7.03. The molecule has 1 saturated heterocycles. The molecule has 1 fully saturated rings. The van der Waals surface area contributed by atoms with Crippen molar-refractivity contribution in [3.05, 3.63) is 40.1 Å². The third-order valence-electron chi connectivity index (χ3n) is 4.97. The Balaban J connectivity index is 1.84. The van der Waals surface area contributed by atoms with E-state index in [4.69, 9.17) is 31.2 Å². The molecular weight excluding hydrogens is 442 g/mol. The van der Waals surface area contributed by atoms with Crippen molar-refractivity contribution in [2.45, 2.75) is 20.3 Å². The summed E-state index contributed by atoms with van der Waals surface area (Å²) in [5.74, 6) is -3.16. The number of halogens is 1. The molecule has 1 unspecified atom stereocenters. The summed E-state index contributed by atoms with van der Waals surface area (Å²) in [7, 11) is 1.46. The van der Waals surface area contributed by atoms with Gasteiger partial charge in [0.2, 0.25) is 17.7 Å². The van der Waals surface area contributed by atoms with Gasteiger partial charge in [0.15, 0.2) is 0 Å². The molecule has 1 aromatic heterocycles. The van der Waals surface area contributed by atoms with E-state index in [1.54, 1.807) is 25.1 Å². The van der Waals surface area contributed by atoms with Crippen LogP contribution < -0.4 is 20.7 Å². The van der Waals surface area contributed by atoms with Crippen LogP contribution in [0.1, 0.15) is 39.8 Å². The van der Waals surface area contributed by atoms with Gasteiger partial charge in [0.1, 0.15) is 22.6 Å². The molecule has 170 valence electrons. The van der Waals surface area contributed by atoms with Gasteiger partial charge in [0, 0.05) is 18.0 Å². The van der Waals surface area contributed by atoms with Gasteiger partial charge in [-0.25, -0.2) is 4.79 Å². The topological polar surface area (TPSA) is 141 Å². The number of hydrogen-bond donors (Lipinski definition) is 2. The molecule has 1 aromatic carbocycles. The first kappa shape index (κ1) is 23.1. The summed E-state index contributed by atoms with van der Waals surface area (Å²) >= 11 is 6.05. The van der Waals surface area contributed by atoms with Crippen LogP contribution in [0, 0.1) is 12.8 Å². The third-order valence-corrected chi connectivity index (χ3v) is 5.21. The lowest BCUT2D eigenvalue weighted by molar-refractivity contribution is -0.122. The minimum Gasteiger partial charge on any atom is -0.495 e. The van der Waals surface area contributed by atoms with Crippen molar-refractivity contribution < 1.29 is 33.1 Å². The lowest BCUT2D eigenvalue weighted by Gasteiger charge is -2.19. The molecule has 1 aliphatic heterocycles. The number of hydrogen-bond acceptors (Lipinski definition) is 7. The average molecular weight is 464 g/mol. The quantitative estimate of drug-likeness (QED) is 0.601. The predicted octanol–water partition coefficient (Wildman–Crippen LogP) is 2.52. The monoisotopic (exact) mass is 463 g/mol. The van der Waals surface area contributed by atoms with Crippen molar-refractivity contribution in [3.63, 3.8) is 0 Å². The molecular formula is C21H22ClN3O7. The predicted molar refractivity (Wildman–Crippen MR) is 115 cm³/mol. The summed E-state index contributed by atoms with van der Waals surface area (Å²) in [5.41, 5.74) is 5.42. The van der Waals surface area contributed by atoms with Crippen LogP contribution in [0.15, 0.2) is 22.6 Å². The van der Waals surface area contributed by atoms with Gasteiger partial charge in [-0.1, -0.05) is 11.6 Å². The van der Waals surface area contributed by atoms with Gasteiger partial charge in [0.25, 0.3) is 5.91 Å². The number of carbonyl (C=O) groups excluding carboxylic acids is 4. The number of esters is 1. The fourth-order valence-corrected chi connectivity index (χ4v) is 3.69. The second-order valence-corrected chi connectivity index (χ2v) is 7.47. The molecule has 1 atom stereocenters. The Hall–Kier alpha value is -3.53. The van der Waals surface area contributed by atoms with E-state index in [1.807, 2.05) is 0 Å². The summed E-state index contributed by atoms with van der Waals surface area (Å²) in [6.07, 6.45) is -0.0855. The normalized spacial score (nSPS) is 15.6. The Morgan fingerprint density at radius 1 is 1.31 bits per heavy atom. The summed E-state index contributed by atoms with van der Waals surface area (Å²) < 4.78 is 15.6. The molecule has 1 aliphatic rings. The van der Waals surface area contributed by atoms with Crippen LogP contribution in [0.3, 0.4) is 0 Å². The van der Waals surface area contributed by atoms with Gasteiger partial charge in [-0.05, 0) is 32.0 Å². The Bertz CT molecular complexity index is 1100. The maximum atomic E-state index is 12.9. The zero-order chi connectivity index (χ0) is 23.6. The number of carbonyl (C=O) groups is 4. The summed E-state index contributed by atoms with van der Waals surface area (Å²) in [6, 6.07) is 4.83. The van der Waals surface area contributed by atoms with E-state index in [0.717, 1.165) is 0 Å². The van der Waals surface area contributed by atoms with Crippen molar-refractivity contribution in [3.8, 4) is 5.75 Å². The SMILES string of the molecule is CCOC(=O)c1c(C)oc(NC(=O)C2CC(=O)N(c3cc(Cl)ccc3OC)C2)c1C(N)=O. The second kappa shape index (κ2) is 9.31. The van der Waals surface area contributed by atoms with Gasteiger partial charge in [0.05, 0.1) is 25.3 Å². The minimum absolute atomic E-state index is 0.0533. The Morgan fingerprint density at radius 3 is 2.66 bits per heavy atom. The number of anilines is 2. The van der Waals surface area contributed by atoms with Gasteiger partial charge < -0.3 is 24.5 Å². The van der Waals surface area contributed by atoms with Crippen molar-refractivity contribution >= 4 is 46.9 Å². The number of rotatable bonds is 7. The highest BCUT2D eigenvalue weighted by molar-refractivity contribution is 6.31. The van der Waals surface area contributed by atoms with Crippen molar-refractivity contribution in [1.29, 1.82) is 0 Å². The van der Waals surface area contributed by atoms with Crippen molar-refractivity contribution in [2.24, 2.45) is 11.7 Å². The minimum atomic E-state index is -0.965. The highest BCUT2D eigenvalue weighted by Gasteiger charge is 2.38. The molecule has 0 aliphatic carbocycles. The van der Waals surface area contributed by atoms with Gasteiger partial charge in [-0.15, -0.1) is 0 Å². The summed E-state index contributed by atoms with van der Waals surface area (Å²) in [6.45, 7) is 3.19. The van der Waals surface area contributed by atoms with Gasteiger partial charge in [-0.2, -0.15) is 0 Å². The van der Waals surface area contributed by atoms with Crippen molar-refractivity contribution in [1.82, 2.24) is 0 Å². The molecule has 3 rings (SSSR count). The zero-order valence-corrected chi connectivity index (χ0v) is 18.4. The number of aryl methyl sites for hydroxylation is 1. The highest BCUT2D eigenvalue weighted by atomic mass is 35.5. The van der Waals surface area contributed by atoms with E-state index in [-0.39, 0.29) is 48.3 Å². The molecule has 0 bridgehead atoms. The number of nitrogens with two attached hydrogens (primary N) is 1. The van der Waals surface area contributed by atoms with Gasteiger partial charge in [-0.3, -0.25) is 19.7 Å². The Morgan fingerprint density at radius 2 is 2.03 bits per heavy atom. The number of furan rings is 1. The molecule has 10 nitrogen and oxygen atoms in total. The summed E-state index contributed by atoms with van der Waals surface area (Å²) in [4.78, 5) is 51.1. The maximum absolute atomic E-state index is 12.9. The van der Waals surface area contributed by atoms with E-state index in [1.165, 1.54) is 18.9 Å². The van der Waals surface area contributed by atoms with Crippen molar-refractivity contribution in [2.75, 3.05) is 30.5 Å². The molecule has 2 aromatic rings. The lowest BCUT2D eigenvalue weighted by atomic mass is 10.1. The first-order chi connectivity index (χ1) is 15.2. The number of nitrogens with zero attached hydrogens (tertiary/aromatic N) is 1. The number of methoxy groups -OCH3 is 1. The van der Waals surface area contributed by atoms with E-state index < -0.39 is 23.7 Å². The maximum Gasteiger partial charge on any atom is 0.342 e. The van der Waals surface area contributed by atoms with Crippen LogP contribution >= 0.6 is 11.6 Å². The molecule has 0 spiro atoms.